The van der Waals surface area contributed by atoms with Crippen molar-refractivity contribution in [1.82, 2.24) is 4.98 Å². The minimum absolute atomic E-state index is 0.221. The summed E-state index contributed by atoms with van der Waals surface area (Å²) in [5, 5.41) is 3.26. The van der Waals surface area contributed by atoms with E-state index < -0.39 is 8.32 Å². The van der Waals surface area contributed by atoms with Crippen molar-refractivity contribution in [2.45, 2.75) is 58.4 Å². The number of hydrogen-bond donors (Lipinski definition) is 0. The van der Waals surface area contributed by atoms with E-state index >= 15 is 0 Å². The van der Waals surface area contributed by atoms with Crippen LogP contribution in [-0.2, 0) is 10.0 Å². The van der Waals surface area contributed by atoms with Crippen LogP contribution in [0.4, 0.5) is 0 Å². The van der Waals surface area contributed by atoms with Gasteiger partial charge in [-0.3, -0.25) is 0 Å². The topological polar surface area (TPSA) is 22.1 Å². The van der Waals surface area contributed by atoms with Crippen LogP contribution in [0.2, 0.25) is 18.1 Å². The molecule has 0 saturated carbocycles. The van der Waals surface area contributed by atoms with E-state index in [0.717, 1.165) is 9.61 Å². The molecule has 0 fully saturated rings. The summed E-state index contributed by atoms with van der Waals surface area (Å²) >= 11 is 5.05. The van der Waals surface area contributed by atoms with Crippen LogP contribution in [0.3, 0.4) is 0 Å². The third-order valence-electron chi connectivity index (χ3n) is 3.31. The first-order valence-corrected chi connectivity index (χ1v) is 10.4. The highest BCUT2D eigenvalue weighted by molar-refractivity contribution is 9.10. The predicted molar refractivity (Wildman–Crippen MR) is 81.1 cm³/mol. The van der Waals surface area contributed by atoms with Crippen molar-refractivity contribution in [1.29, 1.82) is 0 Å². The quantitative estimate of drug-likeness (QED) is 0.711. The Labute approximate surface area is 118 Å². The van der Waals surface area contributed by atoms with Gasteiger partial charge in [-0.2, -0.15) is 0 Å². The molecule has 0 N–H and O–H groups in total. The summed E-state index contributed by atoms with van der Waals surface area (Å²) in [6.45, 7) is 15.5. The monoisotopic (exact) mass is 335 g/mol. The Morgan fingerprint density at radius 1 is 1.24 bits per heavy atom. The lowest BCUT2D eigenvalue weighted by Crippen LogP contribution is -2.46. The van der Waals surface area contributed by atoms with Gasteiger partial charge < -0.3 is 4.43 Å². The molecule has 0 saturated heterocycles. The maximum absolute atomic E-state index is 6.46. The molecule has 0 aliphatic heterocycles. The number of thiazole rings is 1. The first-order chi connectivity index (χ1) is 7.46. The molecule has 0 radical (unpaired) electrons. The average Bonchev–Trinajstić information content (AvgIpc) is 2.48. The van der Waals surface area contributed by atoms with Crippen LogP contribution in [0, 0.1) is 0 Å². The lowest BCUT2D eigenvalue weighted by atomic mass is 10.2. The van der Waals surface area contributed by atoms with Gasteiger partial charge in [0.05, 0.1) is 0 Å². The fourth-order valence-corrected chi connectivity index (χ4v) is 4.43. The standard InChI is InChI=1S/C12H22BrNOSSi/c1-11(2,3)17(6,7)15-12(4,5)10-14-9(13)8-16-10/h8H,1-7H3. The van der Waals surface area contributed by atoms with Crippen molar-refractivity contribution in [2.75, 3.05) is 0 Å². The van der Waals surface area contributed by atoms with E-state index in [2.05, 4.69) is 68.6 Å². The zero-order chi connectivity index (χ0) is 13.5. The van der Waals surface area contributed by atoms with Crippen molar-refractivity contribution >= 4 is 35.6 Å². The van der Waals surface area contributed by atoms with E-state index in [1.807, 2.05) is 5.38 Å². The first-order valence-electron chi connectivity index (χ1n) is 5.77. The van der Waals surface area contributed by atoms with Crippen molar-refractivity contribution in [2.24, 2.45) is 0 Å². The minimum Gasteiger partial charge on any atom is -0.405 e. The lowest BCUT2D eigenvalue weighted by Gasteiger charge is -2.42. The Morgan fingerprint density at radius 3 is 2.12 bits per heavy atom. The van der Waals surface area contributed by atoms with E-state index in [1.165, 1.54) is 0 Å². The Kier molecular flexibility index (Phi) is 4.29. The van der Waals surface area contributed by atoms with Crippen LogP contribution in [-0.4, -0.2) is 13.3 Å². The van der Waals surface area contributed by atoms with Crippen LogP contribution in [0.5, 0.6) is 0 Å². The average molecular weight is 336 g/mol. The fourth-order valence-electron chi connectivity index (χ4n) is 1.37. The molecule has 0 bridgehead atoms. The van der Waals surface area contributed by atoms with E-state index in [-0.39, 0.29) is 10.6 Å². The second kappa shape index (κ2) is 4.76. The van der Waals surface area contributed by atoms with E-state index in [9.17, 15) is 0 Å². The zero-order valence-corrected chi connectivity index (χ0v) is 15.1. The highest BCUT2D eigenvalue weighted by atomic mass is 79.9. The van der Waals surface area contributed by atoms with Gasteiger partial charge >= 0.3 is 0 Å². The van der Waals surface area contributed by atoms with Crippen LogP contribution >= 0.6 is 27.3 Å². The first kappa shape index (κ1) is 15.3. The molecule has 0 spiro atoms. The highest BCUT2D eigenvalue weighted by Gasteiger charge is 2.42. The summed E-state index contributed by atoms with van der Waals surface area (Å²) in [5.74, 6) is 0. The van der Waals surface area contributed by atoms with Crippen molar-refractivity contribution in [3.05, 3.63) is 15.0 Å². The largest absolute Gasteiger partial charge is 0.405 e. The molecule has 5 heteroatoms. The summed E-state index contributed by atoms with van der Waals surface area (Å²) in [4.78, 5) is 4.48. The molecule has 1 heterocycles. The van der Waals surface area contributed by atoms with E-state index in [4.69, 9.17) is 4.43 Å². The predicted octanol–water partition coefficient (Wildman–Crippen LogP) is 5.16. The van der Waals surface area contributed by atoms with Gasteiger partial charge in [0.2, 0.25) is 0 Å². The molecule has 1 aromatic rings. The molecule has 0 unspecified atom stereocenters. The second-order valence-electron chi connectivity index (χ2n) is 6.35. The molecule has 0 aliphatic carbocycles. The smallest absolute Gasteiger partial charge is 0.193 e. The number of aromatic nitrogens is 1. The Morgan fingerprint density at radius 2 is 1.76 bits per heavy atom. The summed E-state index contributed by atoms with van der Waals surface area (Å²) in [7, 11) is -1.76. The maximum atomic E-state index is 6.46. The number of hydrogen-bond acceptors (Lipinski definition) is 3. The Balaban J connectivity index is 2.94. The Hall–Kier alpha value is 0.287. The van der Waals surface area contributed by atoms with Gasteiger partial charge in [0, 0.05) is 5.38 Å². The molecule has 1 aromatic heterocycles. The van der Waals surface area contributed by atoms with Crippen molar-refractivity contribution < 1.29 is 4.43 Å². The molecule has 2 nitrogen and oxygen atoms in total. The zero-order valence-electron chi connectivity index (χ0n) is 11.7. The highest BCUT2D eigenvalue weighted by Crippen LogP contribution is 2.42. The lowest BCUT2D eigenvalue weighted by molar-refractivity contribution is 0.0897. The molecule has 0 aliphatic rings. The molecule has 0 atom stereocenters. The van der Waals surface area contributed by atoms with Crippen molar-refractivity contribution in [3.8, 4) is 0 Å². The second-order valence-corrected chi connectivity index (χ2v) is 12.7. The molecular weight excluding hydrogens is 314 g/mol. The van der Waals surface area contributed by atoms with Crippen LogP contribution < -0.4 is 0 Å². The summed E-state index contributed by atoms with van der Waals surface area (Å²) in [6, 6.07) is 0. The molecule has 0 aromatic carbocycles. The fraction of sp³-hybridized carbons (Fsp3) is 0.750. The van der Waals surface area contributed by atoms with Crippen LogP contribution in [0.25, 0.3) is 0 Å². The summed E-state index contributed by atoms with van der Waals surface area (Å²) in [6.07, 6.45) is 0. The van der Waals surface area contributed by atoms with Crippen molar-refractivity contribution in [3.63, 3.8) is 0 Å². The number of nitrogens with zero attached hydrogens (tertiary/aromatic N) is 1. The van der Waals surface area contributed by atoms with Crippen LogP contribution in [0.15, 0.2) is 9.98 Å². The molecule has 0 amide bonds. The van der Waals surface area contributed by atoms with Gasteiger partial charge in [0.25, 0.3) is 0 Å². The third-order valence-corrected chi connectivity index (χ3v) is 9.80. The van der Waals surface area contributed by atoms with Gasteiger partial charge in [0.1, 0.15) is 15.2 Å². The number of rotatable bonds is 3. The molecular formula is C12H22BrNOSSi. The third kappa shape index (κ3) is 3.62. The Bertz CT molecular complexity index is 395. The molecule has 98 valence electrons. The van der Waals surface area contributed by atoms with Gasteiger partial charge in [0.15, 0.2) is 8.32 Å². The minimum atomic E-state index is -1.76. The summed E-state index contributed by atoms with van der Waals surface area (Å²) < 4.78 is 7.35. The van der Waals surface area contributed by atoms with Gasteiger partial charge in [-0.15, -0.1) is 11.3 Å². The SMILES string of the molecule is CC(C)(O[Si](C)(C)C(C)(C)C)c1nc(Br)cs1. The summed E-state index contributed by atoms with van der Waals surface area (Å²) in [5.41, 5.74) is -0.306. The van der Waals surface area contributed by atoms with Gasteiger partial charge in [-0.1, -0.05) is 20.8 Å². The normalized spacial score (nSPS) is 14.1. The number of halogens is 1. The van der Waals surface area contributed by atoms with Crippen LogP contribution in [0.1, 0.15) is 39.6 Å². The van der Waals surface area contributed by atoms with E-state index in [1.54, 1.807) is 11.3 Å². The van der Waals surface area contributed by atoms with Gasteiger partial charge in [-0.25, -0.2) is 4.98 Å². The molecule has 17 heavy (non-hydrogen) atoms. The molecule has 1 rings (SSSR count). The maximum Gasteiger partial charge on any atom is 0.193 e. The van der Waals surface area contributed by atoms with Gasteiger partial charge in [-0.05, 0) is 47.9 Å². The van der Waals surface area contributed by atoms with E-state index in [0.29, 0.717) is 0 Å².